The highest BCUT2D eigenvalue weighted by Gasteiger charge is 2.11. The normalized spacial score (nSPS) is 10.0. The molecular formula is C16H15N3O3. The zero-order valence-electron chi connectivity index (χ0n) is 12.1. The molecule has 0 amide bonds. The minimum absolute atomic E-state index is 0.0955. The van der Waals surface area contributed by atoms with Crippen molar-refractivity contribution in [2.45, 2.75) is 13.2 Å². The van der Waals surface area contributed by atoms with E-state index in [0.717, 1.165) is 11.1 Å². The molecule has 6 nitrogen and oxygen atoms in total. The smallest absolute Gasteiger partial charge is 0.270 e. The fraction of sp³-hybridized carbons (Fsp3) is 0.188. The van der Waals surface area contributed by atoms with Gasteiger partial charge in [0.05, 0.1) is 22.8 Å². The van der Waals surface area contributed by atoms with E-state index in [9.17, 15) is 10.1 Å². The van der Waals surface area contributed by atoms with Crippen LogP contribution in [0.25, 0.3) is 0 Å². The van der Waals surface area contributed by atoms with Crippen LogP contribution in [0, 0.1) is 21.4 Å². The molecule has 0 aliphatic heterocycles. The van der Waals surface area contributed by atoms with Crippen molar-refractivity contribution in [3.63, 3.8) is 0 Å². The Morgan fingerprint density at radius 2 is 2.00 bits per heavy atom. The van der Waals surface area contributed by atoms with Crippen LogP contribution in [-0.4, -0.2) is 12.0 Å². The lowest BCUT2D eigenvalue weighted by molar-refractivity contribution is -0.384. The van der Waals surface area contributed by atoms with Gasteiger partial charge in [-0.25, -0.2) is 0 Å². The number of non-ortho nitro benzene ring substituents is 1. The second-order valence-corrected chi connectivity index (χ2v) is 4.65. The number of nitrogens with zero attached hydrogens (tertiary/aromatic N) is 2. The van der Waals surface area contributed by atoms with E-state index in [1.54, 1.807) is 13.2 Å². The van der Waals surface area contributed by atoms with Crippen molar-refractivity contribution in [1.82, 2.24) is 0 Å². The molecule has 0 fully saturated rings. The van der Waals surface area contributed by atoms with Crippen LogP contribution in [0.5, 0.6) is 0 Å². The molecule has 1 N–H and O–H groups in total. The Labute approximate surface area is 128 Å². The maximum absolute atomic E-state index is 10.7. The summed E-state index contributed by atoms with van der Waals surface area (Å²) in [7, 11) is 1.63. The van der Waals surface area contributed by atoms with Gasteiger partial charge >= 0.3 is 0 Å². The Morgan fingerprint density at radius 1 is 1.27 bits per heavy atom. The molecule has 0 heterocycles. The fourth-order valence-electron chi connectivity index (χ4n) is 2.11. The first-order chi connectivity index (χ1) is 10.7. The number of ether oxygens (including phenoxy) is 1. The number of anilines is 1. The Morgan fingerprint density at radius 3 is 2.64 bits per heavy atom. The topological polar surface area (TPSA) is 88.2 Å². The first-order valence-electron chi connectivity index (χ1n) is 6.64. The molecule has 0 radical (unpaired) electrons. The van der Waals surface area contributed by atoms with Crippen molar-refractivity contribution in [2.75, 3.05) is 12.4 Å². The Bertz CT molecular complexity index is 723. The second-order valence-electron chi connectivity index (χ2n) is 4.65. The molecule has 0 atom stereocenters. The predicted octanol–water partition coefficient (Wildman–Crippen LogP) is 3.22. The third-order valence-corrected chi connectivity index (χ3v) is 3.22. The molecular weight excluding hydrogens is 282 g/mol. The predicted molar refractivity (Wildman–Crippen MR) is 82.3 cm³/mol. The van der Waals surface area contributed by atoms with E-state index in [0.29, 0.717) is 18.8 Å². The summed E-state index contributed by atoms with van der Waals surface area (Å²) >= 11 is 0. The molecule has 2 aromatic carbocycles. The molecule has 0 bridgehead atoms. The first kappa shape index (κ1) is 15.5. The molecule has 0 saturated carbocycles. The standard InChI is InChI=1S/C16H15N3O3/c1-22-11-13-5-3-2-4-12(13)10-18-16-7-6-15(19(20)21)8-14(16)9-17/h2-8,18H,10-11H2,1H3. The number of nitriles is 1. The van der Waals surface area contributed by atoms with Crippen LogP contribution in [0.1, 0.15) is 16.7 Å². The van der Waals surface area contributed by atoms with Crippen molar-refractivity contribution in [3.8, 4) is 6.07 Å². The molecule has 0 aromatic heterocycles. The second kappa shape index (κ2) is 7.20. The molecule has 6 heteroatoms. The maximum Gasteiger partial charge on any atom is 0.270 e. The summed E-state index contributed by atoms with van der Waals surface area (Å²) in [5.41, 5.74) is 2.82. The van der Waals surface area contributed by atoms with E-state index >= 15 is 0 Å². The van der Waals surface area contributed by atoms with Gasteiger partial charge in [-0.1, -0.05) is 24.3 Å². The largest absolute Gasteiger partial charge is 0.380 e. The number of methoxy groups -OCH3 is 1. The highest BCUT2D eigenvalue weighted by molar-refractivity contribution is 5.61. The van der Waals surface area contributed by atoms with Crippen LogP contribution < -0.4 is 5.32 Å². The number of benzene rings is 2. The van der Waals surface area contributed by atoms with E-state index in [1.807, 2.05) is 30.3 Å². The molecule has 0 unspecified atom stereocenters. The average molecular weight is 297 g/mol. The lowest BCUT2D eigenvalue weighted by Gasteiger charge is -2.12. The minimum Gasteiger partial charge on any atom is -0.380 e. The lowest BCUT2D eigenvalue weighted by atomic mass is 10.1. The highest BCUT2D eigenvalue weighted by atomic mass is 16.6. The zero-order chi connectivity index (χ0) is 15.9. The Kier molecular flexibility index (Phi) is 5.07. The summed E-state index contributed by atoms with van der Waals surface area (Å²) in [6, 6.07) is 14.0. The number of rotatable bonds is 6. The van der Waals surface area contributed by atoms with Gasteiger partial charge in [0.15, 0.2) is 0 Å². The summed E-state index contributed by atoms with van der Waals surface area (Å²) in [4.78, 5) is 10.2. The van der Waals surface area contributed by atoms with Crippen molar-refractivity contribution in [1.29, 1.82) is 5.26 Å². The van der Waals surface area contributed by atoms with Crippen LogP contribution in [-0.2, 0) is 17.9 Å². The summed E-state index contributed by atoms with van der Waals surface area (Å²) in [6.45, 7) is 1.01. The van der Waals surface area contributed by atoms with Gasteiger partial charge in [-0.3, -0.25) is 10.1 Å². The molecule has 0 aliphatic rings. The van der Waals surface area contributed by atoms with Gasteiger partial charge in [-0.05, 0) is 17.2 Å². The van der Waals surface area contributed by atoms with Crippen molar-refractivity contribution in [3.05, 3.63) is 69.3 Å². The van der Waals surface area contributed by atoms with Crippen molar-refractivity contribution >= 4 is 11.4 Å². The summed E-state index contributed by atoms with van der Waals surface area (Å²) in [6.07, 6.45) is 0. The van der Waals surface area contributed by atoms with Gasteiger partial charge in [0.2, 0.25) is 0 Å². The molecule has 0 saturated heterocycles. The van der Waals surface area contributed by atoms with E-state index in [1.165, 1.54) is 12.1 Å². The third-order valence-electron chi connectivity index (χ3n) is 3.22. The van der Waals surface area contributed by atoms with Crippen LogP contribution >= 0.6 is 0 Å². The molecule has 22 heavy (non-hydrogen) atoms. The van der Waals surface area contributed by atoms with Crippen LogP contribution in [0.3, 0.4) is 0 Å². The number of nitro groups is 1. The van der Waals surface area contributed by atoms with E-state index < -0.39 is 4.92 Å². The number of nitro benzene ring substituents is 1. The molecule has 0 aliphatic carbocycles. The lowest BCUT2D eigenvalue weighted by Crippen LogP contribution is -2.05. The quantitative estimate of drug-likeness (QED) is 0.653. The summed E-state index contributed by atoms with van der Waals surface area (Å²) in [5, 5.41) is 23.0. The number of hydrogen-bond acceptors (Lipinski definition) is 5. The Hall–Kier alpha value is -2.91. The van der Waals surface area contributed by atoms with Crippen molar-refractivity contribution in [2.24, 2.45) is 0 Å². The monoisotopic (exact) mass is 297 g/mol. The van der Waals surface area contributed by atoms with E-state index in [-0.39, 0.29) is 11.3 Å². The van der Waals surface area contributed by atoms with Crippen LogP contribution in [0.4, 0.5) is 11.4 Å². The highest BCUT2D eigenvalue weighted by Crippen LogP contribution is 2.22. The summed E-state index contributed by atoms with van der Waals surface area (Å²) in [5.74, 6) is 0. The molecule has 2 aromatic rings. The van der Waals surface area contributed by atoms with Gasteiger partial charge < -0.3 is 10.1 Å². The van der Waals surface area contributed by atoms with Gasteiger partial charge in [0, 0.05) is 25.8 Å². The molecule has 0 spiro atoms. The van der Waals surface area contributed by atoms with Gasteiger partial charge in [0.25, 0.3) is 5.69 Å². The summed E-state index contributed by atoms with van der Waals surface area (Å²) < 4.78 is 5.15. The Balaban J connectivity index is 2.19. The van der Waals surface area contributed by atoms with Gasteiger partial charge in [-0.15, -0.1) is 0 Å². The van der Waals surface area contributed by atoms with Gasteiger partial charge in [0.1, 0.15) is 6.07 Å². The first-order valence-corrected chi connectivity index (χ1v) is 6.64. The number of nitrogens with one attached hydrogen (secondary N) is 1. The SMILES string of the molecule is COCc1ccccc1CNc1ccc([N+](=O)[O-])cc1C#N. The number of hydrogen-bond donors (Lipinski definition) is 1. The maximum atomic E-state index is 10.7. The van der Waals surface area contributed by atoms with E-state index in [2.05, 4.69) is 5.32 Å². The zero-order valence-corrected chi connectivity index (χ0v) is 12.1. The van der Waals surface area contributed by atoms with Gasteiger partial charge in [-0.2, -0.15) is 5.26 Å². The average Bonchev–Trinajstić information content (AvgIpc) is 2.54. The van der Waals surface area contributed by atoms with Crippen molar-refractivity contribution < 1.29 is 9.66 Å². The van der Waals surface area contributed by atoms with Crippen LogP contribution in [0.15, 0.2) is 42.5 Å². The minimum atomic E-state index is -0.515. The third kappa shape index (κ3) is 3.59. The van der Waals surface area contributed by atoms with E-state index in [4.69, 9.17) is 10.00 Å². The molecule has 2 rings (SSSR count). The fourth-order valence-corrected chi connectivity index (χ4v) is 2.11. The van der Waals surface area contributed by atoms with Crippen LogP contribution in [0.2, 0.25) is 0 Å². The molecule has 112 valence electrons.